The highest BCUT2D eigenvalue weighted by Crippen LogP contribution is 2.11. The Morgan fingerprint density at radius 1 is 1.39 bits per heavy atom. The molecule has 0 aliphatic rings. The van der Waals surface area contributed by atoms with Crippen LogP contribution < -0.4 is 23.6 Å². The number of carbonyl (C=O) groups excluding carboxylic acids is 1. The summed E-state index contributed by atoms with van der Waals surface area (Å²) >= 11 is 0. The van der Waals surface area contributed by atoms with Crippen molar-refractivity contribution in [2.45, 2.75) is 26.3 Å². The van der Waals surface area contributed by atoms with Gasteiger partial charge in [-0.25, -0.2) is 5.43 Å². The van der Waals surface area contributed by atoms with E-state index in [1.165, 1.54) is 0 Å². The van der Waals surface area contributed by atoms with Gasteiger partial charge in [-0.05, 0) is 29.7 Å². The van der Waals surface area contributed by atoms with Gasteiger partial charge in [0.05, 0.1) is 11.7 Å². The molecule has 0 bridgehead atoms. The van der Waals surface area contributed by atoms with Crippen molar-refractivity contribution in [3.63, 3.8) is 0 Å². The molecule has 1 aromatic heterocycles. The summed E-state index contributed by atoms with van der Waals surface area (Å²) in [6, 6.07) is 9.44. The van der Waals surface area contributed by atoms with Crippen LogP contribution in [0.2, 0.25) is 0 Å². The Balaban J connectivity index is 0.00000242. The molecule has 0 fully saturated rings. The summed E-state index contributed by atoms with van der Waals surface area (Å²) in [6.07, 6.45) is 4.15. The van der Waals surface area contributed by atoms with E-state index in [4.69, 9.17) is 0 Å². The quantitative estimate of drug-likeness (QED) is 0.519. The topological polar surface area (TPSA) is 82.0 Å². The van der Waals surface area contributed by atoms with Gasteiger partial charge in [0.2, 0.25) is 0 Å². The lowest BCUT2D eigenvalue weighted by atomic mass is 10.0. The van der Waals surface area contributed by atoms with Crippen molar-refractivity contribution in [3.8, 4) is 0 Å². The van der Waals surface area contributed by atoms with Crippen molar-refractivity contribution < 1.29 is 22.9 Å². The van der Waals surface area contributed by atoms with Gasteiger partial charge in [-0.15, -0.1) is 12.4 Å². The molecule has 0 unspecified atom stereocenters. The summed E-state index contributed by atoms with van der Waals surface area (Å²) in [5.41, 5.74) is 8.24. The van der Waals surface area contributed by atoms with Crippen LogP contribution in [0.4, 0.5) is 0 Å². The third-order valence-electron chi connectivity index (χ3n) is 3.14. The van der Waals surface area contributed by atoms with Crippen LogP contribution in [-0.4, -0.2) is 23.1 Å². The molecule has 0 aliphatic heterocycles. The maximum atomic E-state index is 11.8. The number of quaternary nitrogens is 1. The van der Waals surface area contributed by atoms with Crippen molar-refractivity contribution >= 4 is 35.4 Å². The lowest BCUT2D eigenvalue weighted by Gasteiger charge is -2.08. The molecule has 2 rings (SSSR count). The minimum absolute atomic E-state index is 0. The van der Waals surface area contributed by atoms with E-state index in [2.05, 4.69) is 35.1 Å². The summed E-state index contributed by atoms with van der Waals surface area (Å²) < 4.78 is 0. The Kier molecular flexibility index (Phi) is 9.41. The number of carbonyl (C=O) groups is 1. The molecule has 1 amide bonds. The number of hydrogen-bond acceptors (Lipinski definition) is 3. The lowest BCUT2D eigenvalue weighted by molar-refractivity contribution is -0.406. The van der Waals surface area contributed by atoms with Crippen LogP contribution in [0.1, 0.15) is 25.8 Å². The first kappa shape index (κ1) is 21.3. The molecular weight excluding hydrogens is 335 g/mol. The minimum Gasteiger partial charge on any atom is -1.00 e. The molecule has 0 saturated carbocycles. The summed E-state index contributed by atoms with van der Waals surface area (Å²) in [6.45, 7) is 4.13. The second kappa shape index (κ2) is 10.2. The zero-order chi connectivity index (χ0) is 15.2. The fourth-order valence-corrected chi connectivity index (χ4v) is 2.11. The SMILES string of the molecule is CC(C)C[C@H]([NH3+])C(=O)NN=Cc1ccc2ncccc2c1.Cl.[Cl-]. The third kappa shape index (κ3) is 6.52. The number of fused-ring (bicyclic) bond motifs is 1. The lowest BCUT2D eigenvalue weighted by Crippen LogP contribution is -3.00. The molecular formula is C16H22Cl2N4O. The zero-order valence-corrected chi connectivity index (χ0v) is 14.8. The van der Waals surface area contributed by atoms with Crippen LogP contribution in [-0.2, 0) is 4.79 Å². The highest BCUT2D eigenvalue weighted by molar-refractivity contribution is 5.89. The molecule has 23 heavy (non-hydrogen) atoms. The molecule has 1 atom stereocenters. The maximum Gasteiger partial charge on any atom is 0.298 e. The molecule has 126 valence electrons. The van der Waals surface area contributed by atoms with Crippen LogP contribution >= 0.6 is 12.4 Å². The molecule has 0 spiro atoms. The molecule has 1 aromatic carbocycles. The largest absolute Gasteiger partial charge is 1.00 e. The number of aromatic nitrogens is 1. The highest BCUT2D eigenvalue weighted by Gasteiger charge is 2.17. The molecule has 0 aliphatic carbocycles. The second-order valence-corrected chi connectivity index (χ2v) is 5.52. The Morgan fingerprint density at radius 3 is 2.83 bits per heavy atom. The molecule has 5 nitrogen and oxygen atoms in total. The van der Waals surface area contributed by atoms with Gasteiger partial charge in [-0.3, -0.25) is 9.78 Å². The number of benzene rings is 1. The first-order chi connectivity index (χ1) is 10.1. The summed E-state index contributed by atoms with van der Waals surface area (Å²) in [5, 5.41) is 5.04. The summed E-state index contributed by atoms with van der Waals surface area (Å²) in [4.78, 5) is 16.0. The van der Waals surface area contributed by atoms with Crippen molar-refractivity contribution in [1.82, 2.24) is 10.4 Å². The number of hydrogen-bond donors (Lipinski definition) is 2. The molecule has 7 heteroatoms. The van der Waals surface area contributed by atoms with Gasteiger partial charge in [0, 0.05) is 18.0 Å². The predicted octanol–water partition coefficient (Wildman–Crippen LogP) is -1.23. The van der Waals surface area contributed by atoms with Crippen LogP contribution in [0.15, 0.2) is 41.6 Å². The Morgan fingerprint density at radius 2 is 2.13 bits per heavy atom. The number of pyridine rings is 1. The fraction of sp³-hybridized carbons (Fsp3) is 0.312. The summed E-state index contributed by atoms with van der Waals surface area (Å²) in [7, 11) is 0. The number of nitrogens with one attached hydrogen (secondary N) is 1. The Bertz CT molecular complexity index is 661. The van der Waals surface area contributed by atoms with E-state index in [-0.39, 0.29) is 36.8 Å². The number of amides is 1. The Hall–Kier alpha value is -1.69. The monoisotopic (exact) mass is 356 g/mol. The average molecular weight is 357 g/mol. The predicted molar refractivity (Wildman–Crippen MR) is 90.9 cm³/mol. The molecule has 2 aromatic rings. The van der Waals surface area contributed by atoms with E-state index < -0.39 is 0 Å². The van der Waals surface area contributed by atoms with Gasteiger partial charge in [-0.2, -0.15) is 5.10 Å². The zero-order valence-electron chi connectivity index (χ0n) is 13.2. The standard InChI is InChI=1S/C16H20N4O.2ClH/c1-11(2)8-14(17)16(21)20-19-10-12-5-6-15-13(9-12)4-3-7-18-15;;/h3-7,9-11,14H,8,17H2,1-2H3,(H,20,21);2*1H/t14-;;/m0../s1. The average Bonchev–Trinajstić information content (AvgIpc) is 2.46. The highest BCUT2D eigenvalue weighted by atomic mass is 35.5. The van der Waals surface area contributed by atoms with E-state index in [1.54, 1.807) is 12.4 Å². The van der Waals surface area contributed by atoms with Gasteiger partial charge < -0.3 is 18.1 Å². The first-order valence-corrected chi connectivity index (χ1v) is 7.07. The number of rotatable bonds is 5. The van der Waals surface area contributed by atoms with E-state index in [1.807, 2.05) is 30.3 Å². The van der Waals surface area contributed by atoms with E-state index in [0.29, 0.717) is 5.92 Å². The molecule has 0 saturated heterocycles. The molecule has 1 heterocycles. The number of halogens is 2. The molecule has 0 radical (unpaired) electrons. The number of hydrazone groups is 1. The molecule has 4 N–H and O–H groups in total. The van der Waals surface area contributed by atoms with Gasteiger partial charge in [-0.1, -0.05) is 26.0 Å². The van der Waals surface area contributed by atoms with Gasteiger partial charge in [0.1, 0.15) is 0 Å². The number of nitrogens with zero attached hydrogens (tertiary/aromatic N) is 2. The van der Waals surface area contributed by atoms with Gasteiger partial charge in [0.25, 0.3) is 5.91 Å². The maximum absolute atomic E-state index is 11.8. The van der Waals surface area contributed by atoms with Crippen molar-refractivity contribution in [1.29, 1.82) is 0 Å². The van der Waals surface area contributed by atoms with Crippen LogP contribution in [0.3, 0.4) is 0 Å². The van der Waals surface area contributed by atoms with E-state index in [9.17, 15) is 4.79 Å². The van der Waals surface area contributed by atoms with Crippen LogP contribution in [0.25, 0.3) is 10.9 Å². The minimum atomic E-state index is -0.275. The normalized spacial score (nSPS) is 11.8. The Labute approximate surface area is 148 Å². The third-order valence-corrected chi connectivity index (χ3v) is 3.14. The van der Waals surface area contributed by atoms with Crippen molar-refractivity contribution in [3.05, 3.63) is 42.1 Å². The first-order valence-electron chi connectivity index (χ1n) is 7.07. The summed E-state index contributed by atoms with van der Waals surface area (Å²) in [5.74, 6) is 0.289. The van der Waals surface area contributed by atoms with Crippen molar-refractivity contribution in [2.75, 3.05) is 0 Å². The van der Waals surface area contributed by atoms with Gasteiger partial charge in [0.15, 0.2) is 6.04 Å². The fourth-order valence-electron chi connectivity index (χ4n) is 2.11. The van der Waals surface area contributed by atoms with E-state index >= 15 is 0 Å². The smallest absolute Gasteiger partial charge is 0.298 e. The van der Waals surface area contributed by atoms with Crippen LogP contribution in [0, 0.1) is 5.92 Å². The second-order valence-electron chi connectivity index (χ2n) is 5.52. The van der Waals surface area contributed by atoms with Gasteiger partial charge >= 0.3 is 0 Å². The van der Waals surface area contributed by atoms with Crippen molar-refractivity contribution in [2.24, 2.45) is 11.0 Å². The van der Waals surface area contributed by atoms with Crippen LogP contribution in [0.5, 0.6) is 0 Å². The van der Waals surface area contributed by atoms with E-state index in [0.717, 1.165) is 22.9 Å².